The number of carbonyl (C=O) groups excluding carboxylic acids is 1. The van der Waals surface area contributed by atoms with E-state index in [2.05, 4.69) is 10.3 Å². The molecule has 0 radical (unpaired) electrons. The van der Waals surface area contributed by atoms with Crippen molar-refractivity contribution in [1.29, 1.82) is 0 Å². The van der Waals surface area contributed by atoms with Gasteiger partial charge in [0.15, 0.2) is 0 Å². The van der Waals surface area contributed by atoms with Crippen molar-refractivity contribution in [2.45, 2.75) is 24.8 Å². The predicted octanol–water partition coefficient (Wildman–Crippen LogP) is 5.40. The molecule has 0 saturated carbocycles. The molecule has 1 aliphatic carbocycles. The molecule has 2 atom stereocenters. The molecule has 1 aliphatic rings. The van der Waals surface area contributed by atoms with Gasteiger partial charge in [0, 0.05) is 28.9 Å². The zero-order valence-electron chi connectivity index (χ0n) is 18.4. The van der Waals surface area contributed by atoms with Gasteiger partial charge >= 0.3 is 12.1 Å². The highest BCUT2D eigenvalue weighted by atomic mass is 19.1. The third kappa shape index (κ3) is 3.79. The minimum Gasteiger partial charge on any atom is -0.480 e. The number of halogens is 1. The number of carboxylic acid groups (broad SMARTS) is 1. The molecule has 1 heterocycles. The first kappa shape index (κ1) is 21.7. The smallest absolute Gasteiger partial charge is 0.407 e. The number of H-pyrrole nitrogens is 1. The minimum absolute atomic E-state index is 0.0822. The molecule has 1 amide bonds. The van der Waals surface area contributed by atoms with Crippen LogP contribution < -0.4 is 5.32 Å². The van der Waals surface area contributed by atoms with E-state index in [1.54, 1.807) is 19.2 Å². The van der Waals surface area contributed by atoms with E-state index < -0.39 is 29.8 Å². The summed E-state index contributed by atoms with van der Waals surface area (Å²) in [4.78, 5) is 27.7. The number of aromatic nitrogens is 1. The molecule has 34 heavy (non-hydrogen) atoms. The summed E-state index contributed by atoms with van der Waals surface area (Å²) in [6.07, 6.45) is 0.830. The molecule has 0 spiro atoms. The van der Waals surface area contributed by atoms with Crippen molar-refractivity contribution in [2.24, 2.45) is 0 Å². The van der Waals surface area contributed by atoms with Crippen LogP contribution in [-0.2, 0) is 9.53 Å². The molecule has 0 saturated heterocycles. The van der Waals surface area contributed by atoms with Crippen molar-refractivity contribution in [3.8, 4) is 11.1 Å². The molecule has 1 aromatic heterocycles. The first-order chi connectivity index (χ1) is 16.4. The summed E-state index contributed by atoms with van der Waals surface area (Å²) in [6, 6.07) is 19.0. The first-order valence-corrected chi connectivity index (χ1v) is 11.0. The van der Waals surface area contributed by atoms with E-state index in [0.29, 0.717) is 16.5 Å². The maximum Gasteiger partial charge on any atom is 0.407 e. The lowest BCUT2D eigenvalue weighted by molar-refractivity contribution is -0.139. The molecule has 4 aromatic rings. The number of nitrogens with one attached hydrogen (secondary N) is 2. The van der Waals surface area contributed by atoms with Gasteiger partial charge in [-0.2, -0.15) is 0 Å². The highest BCUT2D eigenvalue weighted by Crippen LogP contribution is 2.44. The second kappa shape index (κ2) is 8.67. The molecule has 0 fully saturated rings. The number of aromatic amines is 1. The Morgan fingerprint density at radius 3 is 2.35 bits per heavy atom. The third-order valence-corrected chi connectivity index (χ3v) is 6.55. The predicted molar refractivity (Wildman–Crippen MR) is 126 cm³/mol. The topological polar surface area (TPSA) is 91.4 Å². The lowest BCUT2D eigenvalue weighted by Gasteiger charge is -2.22. The number of amides is 1. The Bertz CT molecular complexity index is 1350. The number of alkyl carbamates (subject to hydrolysis) is 1. The minimum atomic E-state index is -1.25. The van der Waals surface area contributed by atoms with Crippen LogP contribution in [-0.4, -0.2) is 34.8 Å². The Morgan fingerprint density at radius 1 is 1.06 bits per heavy atom. The molecule has 3 N–H and O–H groups in total. The molecule has 3 aromatic carbocycles. The fourth-order valence-corrected chi connectivity index (χ4v) is 4.84. The Hall–Kier alpha value is -4.13. The van der Waals surface area contributed by atoms with E-state index in [-0.39, 0.29) is 12.5 Å². The van der Waals surface area contributed by atoms with Gasteiger partial charge < -0.3 is 20.1 Å². The van der Waals surface area contributed by atoms with Gasteiger partial charge in [0.2, 0.25) is 0 Å². The number of hydrogen-bond acceptors (Lipinski definition) is 3. The number of ether oxygens (including phenoxy) is 1. The third-order valence-electron chi connectivity index (χ3n) is 6.55. The molecule has 0 aliphatic heterocycles. The molecular formula is C27H23FN2O4. The van der Waals surface area contributed by atoms with Crippen LogP contribution in [0, 0.1) is 5.82 Å². The second-order valence-electron chi connectivity index (χ2n) is 8.51. The van der Waals surface area contributed by atoms with Gasteiger partial charge in [0.1, 0.15) is 18.5 Å². The monoisotopic (exact) mass is 458 g/mol. The zero-order chi connectivity index (χ0) is 23.8. The average Bonchev–Trinajstić information content (AvgIpc) is 3.39. The van der Waals surface area contributed by atoms with E-state index in [1.807, 2.05) is 48.5 Å². The maximum absolute atomic E-state index is 13.8. The fraction of sp³-hybridized carbons (Fsp3) is 0.185. The molecule has 5 rings (SSSR count). The molecule has 172 valence electrons. The van der Waals surface area contributed by atoms with E-state index in [1.165, 1.54) is 12.1 Å². The average molecular weight is 458 g/mol. The van der Waals surface area contributed by atoms with E-state index in [9.17, 15) is 19.1 Å². The van der Waals surface area contributed by atoms with E-state index in [4.69, 9.17) is 4.74 Å². The van der Waals surface area contributed by atoms with Crippen LogP contribution in [0.1, 0.15) is 35.4 Å². The van der Waals surface area contributed by atoms with Gasteiger partial charge in [-0.05, 0) is 46.0 Å². The Morgan fingerprint density at radius 2 is 1.71 bits per heavy atom. The summed E-state index contributed by atoms with van der Waals surface area (Å²) in [5.74, 6) is -2.38. The summed E-state index contributed by atoms with van der Waals surface area (Å²) < 4.78 is 19.3. The number of hydrogen-bond donors (Lipinski definition) is 3. The van der Waals surface area contributed by atoms with Crippen molar-refractivity contribution < 1.29 is 23.8 Å². The summed E-state index contributed by atoms with van der Waals surface area (Å²) in [6.45, 7) is 1.76. The van der Waals surface area contributed by atoms with Crippen LogP contribution >= 0.6 is 0 Å². The van der Waals surface area contributed by atoms with Gasteiger partial charge in [-0.25, -0.2) is 14.0 Å². The summed E-state index contributed by atoms with van der Waals surface area (Å²) in [7, 11) is 0. The summed E-state index contributed by atoms with van der Waals surface area (Å²) in [5.41, 5.74) is 5.64. The van der Waals surface area contributed by atoms with Crippen LogP contribution in [0.2, 0.25) is 0 Å². The lowest BCUT2D eigenvalue weighted by atomic mass is 9.93. The zero-order valence-corrected chi connectivity index (χ0v) is 18.4. The molecule has 0 bridgehead atoms. The van der Waals surface area contributed by atoms with Crippen molar-refractivity contribution in [3.05, 3.63) is 95.4 Å². The van der Waals surface area contributed by atoms with Crippen molar-refractivity contribution in [1.82, 2.24) is 10.3 Å². The van der Waals surface area contributed by atoms with Crippen molar-refractivity contribution in [2.75, 3.05) is 6.61 Å². The van der Waals surface area contributed by atoms with E-state index in [0.717, 1.165) is 22.3 Å². The Labute approximate surface area is 195 Å². The van der Waals surface area contributed by atoms with Gasteiger partial charge in [-0.15, -0.1) is 0 Å². The lowest BCUT2D eigenvalue weighted by Crippen LogP contribution is -2.44. The first-order valence-electron chi connectivity index (χ1n) is 11.0. The normalized spacial score (nSPS) is 14.3. The van der Waals surface area contributed by atoms with Crippen molar-refractivity contribution >= 4 is 23.0 Å². The summed E-state index contributed by atoms with van der Waals surface area (Å²) >= 11 is 0. The largest absolute Gasteiger partial charge is 0.480 e. The van der Waals surface area contributed by atoms with Gasteiger partial charge in [0.25, 0.3) is 0 Å². The summed E-state index contributed by atoms with van der Waals surface area (Å²) in [5, 5.41) is 12.9. The number of aliphatic carboxylic acids is 1. The number of rotatable bonds is 6. The van der Waals surface area contributed by atoms with Gasteiger partial charge in [-0.1, -0.05) is 55.5 Å². The molecule has 7 heteroatoms. The van der Waals surface area contributed by atoms with Crippen LogP contribution in [0.25, 0.3) is 22.0 Å². The number of carboxylic acids is 1. The molecule has 6 nitrogen and oxygen atoms in total. The highest BCUT2D eigenvalue weighted by Gasteiger charge is 2.32. The Balaban J connectivity index is 1.32. The Kier molecular flexibility index (Phi) is 5.53. The van der Waals surface area contributed by atoms with Crippen LogP contribution in [0.3, 0.4) is 0 Å². The van der Waals surface area contributed by atoms with Crippen LogP contribution in [0.5, 0.6) is 0 Å². The van der Waals surface area contributed by atoms with Gasteiger partial charge in [0.05, 0.1) is 0 Å². The number of fused-ring (bicyclic) bond motifs is 4. The SMILES string of the molecule is C[C@@H](c1c[nH]c2ccc(F)cc12)[C@H](NC(=O)OCC1c2ccccc2-c2ccccc21)C(=O)O. The van der Waals surface area contributed by atoms with Gasteiger partial charge in [-0.3, -0.25) is 0 Å². The van der Waals surface area contributed by atoms with Crippen LogP contribution in [0.15, 0.2) is 72.9 Å². The molecular weight excluding hydrogens is 435 g/mol. The van der Waals surface area contributed by atoms with Crippen LogP contribution in [0.4, 0.5) is 9.18 Å². The highest BCUT2D eigenvalue weighted by molar-refractivity contribution is 5.87. The number of benzene rings is 3. The quantitative estimate of drug-likeness (QED) is 0.361. The van der Waals surface area contributed by atoms with E-state index >= 15 is 0 Å². The second-order valence-corrected chi connectivity index (χ2v) is 8.51. The number of carbonyl (C=O) groups is 2. The molecule has 0 unspecified atom stereocenters. The fourth-order valence-electron chi connectivity index (χ4n) is 4.84. The van der Waals surface area contributed by atoms with Crippen molar-refractivity contribution in [3.63, 3.8) is 0 Å². The maximum atomic E-state index is 13.8. The standard InChI is InChI=1S/C27H23FN2O4/c1-15(22-13-29-24-11-10-16(28)12-21(22)24)25(26(31)32)30-27(33)34-14-23-19-8-4-2-6-17(19)18-7-3-5-9-20(18)23/h2-13,15,23,25,29H,14H2,1H3,(H,30,33)(H,31,32)/t15-,25-/m0/s1.